The van der Waals surface area contributed by atoms with E-state index in [0.29, 0.717) is 0 Å². The van der Waals surface area contributed by atoms with Crippen LogP contribution in [0.2, 0.25) is 0 Å². The van der Waals surface area contributed by atoms with Crippen LogP contribution in [0, 0.1) is 0 Å². The summed E-state index contributed by atoms with van der Waals surface area (Å²) in [5.74, 6) is -1.08. The van der Waals surface area contributed by atoms with E-state index in [2.05, 4.69) is 4.98 Å². The minimum Gasteiger partial charge on any atom is -0.480 e. The van der Waals surface area contributed by atoms with Crippen molar-refractivity contribution < 1.29 is 15.1 Å². The minimum atomic E-state index is -1.08. The maximum Gasteiger partial charge on any atom is 0.323 e. The summed E-state index contributed by atoms with van der Waals surface area (Å²) in [5.41, 5.74) is 3.61. The van der Waals surface area contributed by atoms with Gasteiger partial charge in [-0.3, -0.25) is 4.79 Å². The van der Waals surface area contributed by atoms with Crippen molar-refractivity contribution in [1.82, 2.24) is 10.5 Å². The van der Waals surface area contributed by atoms with Crippen LogP contribution in [-0.4, -0.2) is 27.3 Å². The van der Waals surface area contributed by atoms with E-state index in [1.807, 2.05) is 24.3 Å². The number of aliphatic carboxylic acids is 1. The third-order valence-electron chi connectivity index (χ3n) is 2.55. The van der Waals surface area contributed by atoms with Gasteiger partial charge < -0.3 is 15.3 Å². The number of carbonyl (C=O) groups is 1. The molecule has 2 rings (SSSR count). The van der Waals surface area contributed by atoms with Gasteiger partial charge in [0.05, 0.1) is 0 Å². The molecule has 1 aromatic heterocycles. The monoisotopic (exact) mass is 256 g/mol. The van der Waals surface area contributed by atoms with Gasteiger partial charge in [0.2, 0.25) is 0 Å². The molecule has 0 aliphatic carbocycles. The summed E-state index contributed by atoms with van der Waals surface area (Å²) in [7, 11) is 0. The topological polar surface area (TPSA) is 85.3 Å². The van der Waals surface area contributed by atoms with E-state index < -0.39 is 12.0 Å². The van der Waals surface area contributed by atoms with Gasteiger partial charge in [0.1, 0.15) is 6.04 Å². The van der Waals surface area contributed by atoms with Crippen molar-refractivity contribution in [3.05, 3.63) is 36.0 Å². The highest BCUT2D eigenvalue weighted by Gasteiger charge is 2.18. The Morgan fingerprint density at radius 1 is 1.41 bits per heavy atom. The van der Waals surface area contributed by atoms with Crippen LogP contribution in [0.4, 0.5) is 0 Å². The smallest absolute Gasteiger partial charge is 0.323 e. The van der Waals surface area contributed by atoms with Gasteiger partial charge in [-0.1, -0.05) is 18.2 Å². The molecule has 6 heteroatoms. The van der Waals surface area contributed by atoms with Crippen LogP contribution in [0.25, 0.3) is 10.9 Å². The molecular weight excluding hydrogens is 244 g/mol. The van der Waals surface area contributed by atoms with Crippen LogP contribution in [0.5, 0.6) is 0 Å². The molecule has 1 aromatic carbocycles. The first-order valence-electron chi connectivity index (χ1n) is 4.90. The number of halogens is 1. The molecule has 0 aliphatic heterocycles. The fourth-order valence-corrected chi connectivity index (χ4v) is 1.71. The van der Waals surface area contributed by atoms with E-state index in [1.165, 1.54) is 0 Å². The maximum absolute atomic E-state index is 10.8. The van der Waals surface area contributed by atoms with E-state index in [-0.39, 0.29) is 18.8 Å². The summed E-state index contributed by atoms with van der Waals surface area (Å²) in [6, 6.07) is 6.64. The lowest BCUT2D eigenvalue weighted by molar-refractivity contribution is -0.142. The SMILES string of the molecule is Cl.O=C(O)[C@H](Cc1c[nH]c2ccccc12)NO. The van der Waals surface area contributed by atoms with E-state index >= 15 is 0 Å². The first-order chi connectivity index (χ1) is 7.72. The van der Waals surface area contributed by atoms with Gasteiger partial charge in [-0.05, 0) is 11.6 Å². The molecule has 0 unspecified atom stereocenters. The molecule has 1 atom stereocenters. The molecule has 92 valence electrons. The number of hydroxylamine groups is 1. The lowest BCUT2D eigenvalue weighted by atomic mass is 10.1. The van der Waals surface area contributed by atoms with Crippen LogP contribution < -0.4 is 5.48 Å². The molecule has 0 aliphatic rings. The van der Waals surface area contributed by atoms with Gasteiger partial charge >= 0.3 is 5.97 Å². The average Bonchev–Trinajstić information content (AvgIpc) is 2.69. The molecule has 4 N–H and O–H groups in total. The number of para-hydroxylation sites is 1. The molecule has 0 bridgehead atoms. The Morgan fingerprint density at radius 3 is 2.76 bits per heavy atom. The first kappa shape index (κ1) is 13.5. The van der Waals surface area contributed by atoms with Crippen molar-refractivity contribution in [3.8, 4) is 0 Å². The van der Waals surface area contributed by atoms with Crippen molar-refractivity contribution >= 4 is 29.3 Å². The number of rotatable bonds is 4. The van der Waals surface area contributed by atoms with Gasteiger partial charge in [0.25, 0.3) is 0 Å². The molecule has 0 saturated carbocycles. The fourth-order valence-electron chi connectivity index (χ4n) is 1.71. The van der Waals surface area contributed by atoms with E-state index in [1.54, 1.807) is 11.7 Å². The van der Waals surface area contributed by atoms with Crippen LogP contribution in [0.15, 0.2) is 30.5 Å². The predicted octanol–water partition coefficient (Wildman–Crippen LogP) is 1.56. The van der Waals surface area contributed by atoms with Crippen molar-refractivity contribution in [3.63, 3.8) is 0 Å². The Labute approximate surface area is 104 Å². The number of hydrogen-bond donors (Lipinski definition) is 4. The number of aromatic nitrogens is 1. The largest absolute Gasteiger partial charge is 0.480 e. The molecule has 0 fully saturated rings. The lowest BCUT2D eigenvalue weighted by Gasteiger charge is -2.08. The normalized spacial score (nSPS) is 12.1. The number of fused-ring (bicyclic) bond motifs is 1. The zero-order chi connectivity index (χ0) is 11.5. The third kappa shape index (κ3) is 2.76. The van der Waals surface area contributed by atoms with E-state index in [0.717, 1.165) is 16.5 Å². The van der Waals surface area contributed by atoms with Gasteiger partial charge in [-0.2, -0.15) is 5.48 Å². The Balaban J connectivity index is 0.00000144. The summed E-state index contributed by atoms with van der Waals surface area (Å²) < 4.78 is 0. The summed E-state index contributed by atoms with van der Waals surface area (Å²) in [6.45, 7) is 0. The van der Waals surface area contributed by atoms with Crippen molar-refractivity contribution in [1.29, 1.82) is 0 Å². The van der Waals surface area contributed by atoms with Gasteiger partial charge in [-0.25, -0.2) is 0 Å². The minimum absolute atomic E-state index is 0. The molecule has 1 heterocycles. The first-order valence-corrected chi connectivity index (χ1v) is 4.90. The lowest BCUT2D eigenvalue weighted by Crippen LogP contribution is -2.36. The number of H-pyrrole nitrogens is 1. The summed E-state index contributed by atoms with van der Waals surface area (Å²) in [6.07, 6.45) is 1.99. The van der Waals surface area contributed by atoms with Crippen molar-refractivity contribution in [2.75, 3.05) is 0 Å². The standard InChI is InChI=1S/C11H12N2O3.ClH/c14-11(15)10(13-16)5-7-6-12-9-4-2-1-3-8(7)9;/h1-4,6,10,12-13,16H,5H2,(H,14,15);1H/t10-;/m0./s1. The molecule has 0 saturated heterocycles. The zero-order valence-corrected chi connectivity index (χ0v) is 9.70. The molecule has 17 heavy (non-hydrogen) atoms. The van der Waals surface area contributed by atoms with Crippen LogP contribution >= 0.6 is 12.4 Å². The second kappa shape index (κ2) is 5.67. The number of aromatic amines is 1. The van der Waals surface area contributed by atoms with Crippen LogP contribution in [-0.2, 0) is 11.2 Å². The molecule has 0 spiro atoms. The van der Waals surface area contributed by atoms with Crippen molar-refractivity contribution in [2.24, 2.45) is 0 Å². The van der Waals surface area contributed by atoms with Gasteiger partial charge in [0.15, 0.2) is 0 Å². The Morgan fingerprint density at radius 2 is 2.12 bits per heavy atom. The Kier molecular flexibility index (Phi) is 4.51. The summed E-state index contributed by atoms with van der Waals surface area (Å²) in [5, 5.41) is 18.5. The quantitative estimate of drug-likeness (QED) is 0.626. The van der Waals surface area contributed by atoms with Gasteiger partial charge in [-0.15, -0.1) is 12.4 Å². The second-order valence-electron chi connectivity index (χ2n) is 3.58. The zero-order valence-electron chi connectivity index (χ0n) is 8.88. The van der Waals surface area contributed by atoms with Crippen molar-refractivity contribution in [2.45, 2.75) is 12.5 Å². The molecular formula is C11H13ClN2O3. The highest BCUT2D eigenvalue weighted by molar-refractivity contribution is 5.85. The van der Waals surface area contributed by atoms with Crippen LogP contribution in [0.1, 0.15) is 5.56 Å². The number of nitrogens with one attached hydrogen (secondary N) is 2. The average molecular weight is 257 g/mol. The van der Waals surface area contributed by atoms with E-state index in [4.69, 9.17) is 10.3 Å². The maximum atomic E-state index is 10.8. The second-order valence-corrected chi connectivity index (χ2v) is 3.58. The van der Waals surface area contributed by atoms with Gasteiger partial charge in [0, 0.05) is 23.5 Å². The molecule has 2 aromatic rings. The summed E-state index contributed by atoms with van der Waals surface area (Å²) >= 11 is 0. The highest BCUT2D eigenvalue weighted by Crippen LogP contribution is 2.18. The predicted molar refractivity (Wildman–Crippen MR) is 65.6 cm³/mol. The number of hydrogen-bond acceptors (Lipinski definition) is 3. The number of carboxylic acid groups (broad SMARTS) is 1. The summed E-state index contributed by atoms with van der Waals surface area (Å²) in [4.78, 5) is 13.8. The molecule has 0 amide bonds. The highest BCUT2D eigenvalue weighted by atomic mass is 35.5. The van der Waals surface area contributed by atoms with Crippen LogP contribution in [0.3, 0.4) is 0 Å². The van der Waals surface area contributed by atoms with E-state index in [9.17, 15) is 4.79 Å². The number of benzene rings is 1. The fraction of sp³-hybridized carbons (Fsp3) is 0.182. The Bertz CT molecular complexity index is 512. The molecule has 5 nitrogen and oxygen atoms in total. The molecule has 0 radical (unpaired) electrons. The number of carboxylic acids is 1. The third-order valence-corrected chi connectivity index (χ3v) is 2.55. The Hall–Kier alpha value is -1.56.